The van der Waals surface area contributed by atoms with Crippen molar-refractivity contribution >= 4 is 11.8 Å². The predicted octanol–water partition coefficient (Wildman–Crippen LogP) is 3.68. The van der Waals surface area contributed by atoms with Crippen LogP contribution >= 0.6 is 0 Å². The van der Waals surface area contributed by atoms with Gasteiger partial charge in [0.15, 0.2) is 0 Å². The van der Waals surface area contributed by atoms with Crippen LogP contribution in [0.15, 0.2) is 54.2 Å². The highest BCUT2D eigenvalue weighted by atomic mass is 16.2. The molecule has 0 saturated carbocycles. The minimum absolute atomic E-state index is 0.00788. The molecule has 1 aliphatic heterocycles. The third-order valence-electron chi connectivity index (χ3n) is 4.69. The molecule has 0 spiro atoms. The Bertz CT molecular complexity index is 873. The topological polar surface area (TPSA) is 62.3 Å². The summed E-state index contributed by atoms with van der Waals surface area (Å²) >= 11 is 0. The largest absolute Gasteiger partial charge is 0.352 e. The molecule has 1 N–H and O–H groups in total. The van der Waals surface area contributed by atoms with Crippen LogP contribution in [-0.4, -0.2) is 41.3 Å². The maximum absolute atomic E-state index is 12.8. The van der Waals surface area contributed by atoms with Crippen LogP contribution in [0.3, 0.4) is 0 Å². The summed E-state index contributed by atoms with van der Waals surface area (Å²) in [5, 5.41) is 2.89. The summed E-state index contributed by atoms with van der Waals surface area (Å²) in [6, 6.07) is 10.9. The number of pyridine rings is 1. The summed E-state index contributed by atoms with van der Waals surface area (Å²) in [6.45, 7) is 6.10. The third kappa shape index (κ3) is 4.42. The number of carbonyl (C=O) groups excluding carboxylic acids is 2. The van der Waals surface area contributed by atoms with Crippen molar-refractivity contribution in [2.45, 2.75) is 26.7 Å². The molecule has 0 fully saturated rings. The van der Waals surface area contributed by atoms with E-state index in [4.69, 9.17) is 0 Å². The highest BCUT2D eigenvalue weighted by Crippen LogP contribution is 2.23. The Morgan fingerprint density at radius 3 is 2.81 bits per heavy atom. The molecule has 5 heteroatoms. The monoisotopic (exact) mass is 363 g/mol. The average molecular weight is 363 g/mol. The molecule has 140 valence electrons. The summed E-state index contributed by atoms with van der Waals surface area (Å²) in [6.07, 6.45) is 5.54. The van der Waals surface area contributed by atoms with E-state index >= 15 is 0 Å². The molecule has 0 atom stereocenters. The molecule has 2 amide bonds. The lowest BCUT2D eigenvalue weighted by molar-refractivity contribution is 0.0769. The van der Waals surface area contributed by atoms with E-state index in [1.807, 2.05) is 36.1 Å². The van der Waals surface area contributed by atoms with Crippen LogP contribution in [0.25, 0.3) is 11.3 Å². The van der Waals surface area contributed by atoms with Gasteiger partial charge in [-0.1, -0.05) is 30.7 Å². The van der Waals surface area contributed by atoms with E-state index < -0.39 is 0 Å². The van der Waals surface area contributed by atoms with Gasteiger partial charge in [0, 0.05) is 37.0 Å². The molecule has 5 nitrogen and oxygen atoms in total. The number of nitrogens with one attached hydrogen (secondary N) is 1. The predicted molar refractivity (Wildman–Crippen MR) is 107 cm³/mol. The molecule has 0 bridgehead atoms. The fraction of sp³-hybridized carbons (Fsp3) is 0.318. The van der Waals surface area contributed by atoms with Gasteiger partial charge in [0.05, 0.1) is 11.3 Å². The summed E-state index contributed by atoms with van der Waals surface area (Å²) in [5.41, 5.74) is 3.82. The SMILES string of the molecule is CCCNC(=O)c1cccnc1-c1cccc(C(=O)N2CC=C(C)CC2)c1. The molecule has 1 aliphatic rings. The zero-order chi connectivity index (χ0) is 19.2. The Balaban J connectivity index is 1.88. The van der Waals surface area contributed by atoms with Gasteiger partial charge in [-0.25, -0.2) is 0 Å². The standard InChI is InChI=1S/C22H25N3O2/c1-3-11-24-21(26)19-8-5-12-23-20(19)17-6-4-7-18(15-17)22(27)25-13-9-16(2)10-14-25/h4-9,12,15H,3,10-11,13-14H2,1-2H3,(H,24,26). The van der Waals surface area contributed by atoms with Gasteiger partial charge in [-0.15, -0.1) is 0 Å². The van der Waals surface area contributed by atoms with Crippen LogP contribution in [0.4, 0.5) is 0 Å². The van der Waals surface area contributed by atoms with Crippen molar-refractivity contribution in [3.05, 3.63) is 65.4 Å². The first-order chi connectivity index (χ1) is 13.1. The molecule has 0 aliphatic carbocycles. The zero-order valence-electron chi connectivity index (χ0n) is 15.9. The summed E-state index contributed by atoms with van der Waals surface area (Å²) < 4.78 is 0. The molecule has 0 radical (unpaired) electrons. The third-order valence-corrected chi connectivity index (χ3v) is 4.69. The molecular formula is C22H25N3O2. The molecule has 1 aromatic heterocycles. The number of amides is 2. The van der Waals surface area contributed by atoms with Crippen LogP contribution in [0.5, 0.6) is 0 Å². The quantitative estimate of drug-likeness (QED) is 0.824. The maximum atomic E-state index is 12.8. The second-order valence-electron chi connectivity index (χ2n) is 6.79. The summed E-state index contributed by atoms with van der Waals surface area (Å²) in [7, 11) is 0. The Morgan fingerprint density at radius 2 is 2.07 bits per heavy atom. The van der Waals surface area contributed by atoms with E-state index in [9.17, 15) is 9.59 Å². The van der Waals surface area contributed by atoms with Crippen molar-refractivity contribution < 1.29 is 9.59 Å². The molecule has 27 heavy (non-hydrogen) atoms. The Hall–Kier alpha value is -2.95. The van der Waals surface area contributed by atoms with Crippen molar-refractivity contribution in [2.75, 3.05) is 19.6 Å². The van der Waals surface area contributed by atoms with Crippen molar-refractivity contribution in [3.8, 4) is 11.3 Å². The lowest BCUT2D eigenvalue weighted by Gasteiger charge is -2.25. The normalized spacial score (nSPS) is 13.9. The molecule has 2 aromatic rings. The fourth-order valence-corrected chi connectivity index (χ4v) is 3.09. The van der Waals surface area contributed by atoms with E-state index in [1.165, 1.54) is 5.57 Å². The van der Waals surface area contributed by atoms with Gasteiger partial charge >= 0.3 is 0 Å². The summed E-state index contributed by atoms with van der Waals surface area (Å²) in [4.78, 5) is 31.6. The van der Waals surface area contributed by atoms with Crippen LogP contribution in [0, 0.1) is 0 Å². The second kappa shape index (κ2) is 8.62. The maximum Gasteiger partial charge on any atom is 0.254 e. The Morgan fingerprint density at radius 1 is 1.22 bits per heavy atom. The number of hydrogen-bond donors (Lipinski definition) is 1. The van der Waals surface area contributed by atoms with Crippen LogP contribution < -0.4 is 5.32 Å². The Kier molecular flexibility index (Phi) is 6.01. The number of aromatic nitrogens is 1. The van der Waals surface area contributed by atoms with Crippen molar-refractivity contribution in [1.82, 2.24) is 15.2 Å². The minimum atomic E-state index is -0.145. The second-order valence-corrected chi connectivity index (χ2v) is 6.79. The smallest absolute Gasteiger partial charge is 0.254 e. The van der Waals surface area contributed by atoms with Gasteiger partial charge in [-0.3, -0.25) is 14.6 Å². The first-order valence-electron chi connectivity index (χ1n) is 9.38. The highest BCUT2D eigenvalue weighted by Gasteiger charge is 2.19. The highest BCUT2D eigenvalue weighted by molar-refractivity contribution is 6.01. The molecule has 3 rings (SSSR count). The van der Waals surface area contributed by atoms with Gasteiger partial charge < -0.3 is 10.2 Å². The molecule has 0 saturated heterocycles. The lowest BCUT2D eigenvalue weighted by atomic mass is 10.0. The van der Waals surface area contributed by atoms with Crippen molar-refractivity contribution in [3.63, 3.8) is 0 Å². The fourth-order valence-electron chi connectivity index (χ4n) is 3.09. The number of benzene rings is 1. The van der Waals surface area contributed by atoms with E-state index in [2.05, 4.69) is 23.3 Å². The van der Waals surface area contributed by atoms with E-state index in [0.29, 0.717) is 29.9 Å². The molecule has 2 heterocycles. The van der Waals surface area contributed by atoms with Gasteiger partial charge in [-0.2, -0.15) is 0 Å². The van der Waals surface area contributed by atoms with E-state index in [-0.39, 0.29) is 11.8 Å². The molecular weight excluding hydrogens is 338 g/mol. The molecule has 0 unspecified atom stereocenters. The first kappa shape index (κ1) is 18.8. The number of hydrogen-bond acceptors (Lipinski definition) is 3. The van der Waals surface area contributed by atoms with E-state index in [0.717, 1.165) is 24.9 Å². The minimum Gasteiger partial charge on any atom is -0.352 e. The average Bonchev–Trinajstić information content (AvgIpc) is 2.72. The number of nitrogens with zero attached hydrogens (tertiary/aromatic N) is 2. The number of carbonyl (C=O) groups is 2. The van der Waals surface area contributed by atoms with Crippen LogP contribution in [0.2, 0.25) is 0 Å². The first-order valence-corrected chi connectivity index (χ1v) is 9.38. The zero-order valence-corrected chi connectivity index (χ0v) is 15.9. The molecule has 1 aromatic carbocycles. The van der Waals surface area contributed by atoms with Crippen LogP contribution in [0.1, 0.15) is 47.4 Å². The lowest BCUT2D eigenvalue weighted by Crippen LogP contribution is -2.34. The van der Waals surface area contributed by atoms with Gasteiger partial charge in [0.2, 0.25) is 0 Å². The van der Waals surface area contributed by atoms with Gasteiger partial charge in [0.1, 0.15) is 0 Å². The van der Waals surface area contributed by atoms with Crippen molar-refractivity contribution in [2.24, 2.45) is 0 Å². The van der Waals surface area contributed by atoms with Crippen LogP contribution in [-0.2, 0) is 0 Å². The van der Waals surface area contributed by atoms with Gasteiger partial charge in [-0.05, 0) is 44.0 Å². The van der Waals surface area contributed by atoms with Gasteiger partial charge in [0.25, 0.3) is 11.8 Å². The van der Waals surface area contributed by atoms with Crippen molar-refractivity contribution in [1.29, 1.82) is 0 Å². The van der Waals surface area contributed by atoms with E-state index in [1.54, 1.807) is 18.3 Å². The summed E-state index contributed by atoms with van der Waals surface area (Å²) in [5.74, 6) is -0.137. The number of rotatable bonds is 5. The Labute approximate surface area is 160 Å².